The Morgan fingerprint density at radius 2 is 1.77 bits per heavy atom. The van der Waals surface area contributed by atoms with E-state index in [1.54, 1.807) is 22.8 Å². The molecule has 1 aliphatic rings. The van der Waals surface area contributed by atoms with E-state index in [1.807, 2.05) is 0 Å². The van der Waals surface area contributed by atoms with E-state index in [2.05, 4.69) is 11.6 Å². The van der Waals surface area contributed by atoms with Gasteiger partial charge in [0.2, 0.25) is 6.79 Å². The van der Waals surface area contributed by atoms with Gasteiger partial charge in [0.25, 0.3) is 17.3 Å². The number of nitro benzene ring substituents is 2. The number of hydrogen-bond acceptors (Lipinski definition) is 8. The van der Waals surface area contributed by atoms with Crippen molar-refractivity contribution in [1.29, 1.82) is 0 Å². The topological polar surface area (TPSA) is 139 Å². The molecule has 3 aromatic rings. The van der Waals surface area contributed by atoms with Gasteiger partial charge in [-0.15, -0.1) is 6.58 Å². The molecule has 1 aliphatic heterocycles. The van der Waals surface area contributed by atoms with Crippen molar-refractivity contribution < 1.29 is 24.1 Å². The van der Waals surface area contributed by atoms with Crippen LogP contribution in [-0.2, 0) is 6.54 Å². The maximum Gasteiger partial charge on any atom is 0.280 e. The monoisotopic (exact) mass is 428 g/mol. The number of carbonyl (C=O) groups is 1. The lowest BCUT2D eigenvalue weighted by molar-refractivity contribution is -0.394. The molecule has 0 fully saturated rings. The summed E-state index contributed by atoms with van der Waals surface area (Å²) in [6.45, 7) is 4.16. The summed E-state index contributed by atoms with van der Waals surface area (Å²) in [4.78, 5) is 37.6. The Balaban J connectivity index is 1.86. The molecule has 0 saturated carbocycles. The van der Waals surface area contributed by atoms with Gasteiger partial charge >= 0.3 is 0 Å². The molecule has 0 radical (unpaired) electrons. The molecule has 4 rings (SSSR count). The molecular formula is C18H12N4O7S. The molecule has 0 saturated heterocycles. The van der Waals surface area contributed by atoms with E-state index in [0.717, 1.165) is 28.4 Å². The van der Waals surface area contributed by atoms with E-state index >= 15 is 0 Å². The zero-order chi connectivity index (χ0) is 21.4. The third kappa shape index (κ3) is 3.39. The maximum atomic E-state index is 12.7. The number of thiazole rings is 1. The van der Waals surface area contributed by atoms with E-state index in [0.29, 0.717) is 22.8 Å². The Labute approximate surface area is 171 Å². The molecule has 2 aromatic carbocycles. The smallest absolute Gasteiger partial charge is 0.280 e. The number of rotatable bonds is 5. The molecule has 0 atom stereocenters. The summed E-state index contributed by atoms with van der Waals surface area (Å²) < 4.78 is 13.3. The van der Waals surface area contributed by atoms with Crippen molar-refractivity contribution >= 4 is 38.8 Å². The van der Waals surface area contributed by atoms with Gasteiger partial charge in [-0.1, -0.05) is 17.4 Å². The van der Waals surface area contributed by atoms with Gasteiger partial charge in [-0.25, -0.2) is 0 Å². The number of non-ortho nitro benzene ring substituents is 2. The van der Waals surface area contributed by atoms with Gasteiger partial charge in [-0.05, 0) is 0 Å². The van der Waals surface area contributed by atoms with Crippen LogP contribution in [0.3, 0.4) is 0 Å². The van der Waals surface area contributed by atoms with Crippen LogP contribution in [0.2, 0.25) is 0 Å². The quantitative estimate of drug-likeness (QED) is 0.345. The number of hydrogen-bond donors (Lipinski definition) is 0. The number of ether oxygens (including phenoxy) is 2. The van der Waals surface area contributed by atoms with E-state index in [1.165, 1.54) is 11.3 Å². The number of carbonyl (C=O) groups excluding carboxylic acids is 1. The molecule has 2 heterocycles. The first-order chi connectivity index (χ1) is 14.4. The van der Waals surface area contributed by atoms with Gasteiger partial charge in [-0.2, -0.15) is 4.99 Å². The van der Waals surface area contributed by atoms with Gasteiger partial charge in [0.05, 0.1) is 31.7 Å². The summed E-state index contributed by atoms with van der Waals surface area (Å²) in [5.41, 5.74) is -0.652. The Hall–Kier alpha value is -4.06. The van der Waals surface area contributed by atoms with Crippen LogP contribution in [0.15, 0.2) is 48.0 Å². The second-order valence-corrected chi connectivity index (χ2v) is 7.14. The predicted octanol–water partition coefficient (Wildman–Crippen LogP) is 3.18. The molecular weight excluding hydrogens is 416 g/mol. The van der Waals surface area contributed by atoms with Crippen LogP contribution in [0, 0.1) is 20.2 Å². The van der Waals surface area contributed by atoms with Gasteiger partial charge in [0, 0.05) is 30.8 Å². The lowest BCUT2D eigenvalue weighted by Gasteiger charge is -2.02. The van der Waals surface area contributed by atoms with Crippen molar-refractivity contribution in [3.05, 3.63) is 73.6 Å². The van der Waals surface area contributed by atoms with Gasteiger partial charge in [0.15, 0.2) is 16.3 Å². The molecule has 1 aromatic heterocycles. The normalized spacial score (nSPS) is 12.9. The minimum absolute atomic E-state index is 0.120. The van der Waals surface area contributed by atoms with Gasteiger partial charge < -0.3 is 14.0 Å². The molecule has 12 heteroatoms. The number of amides is 1. The van der Waals surface area contributed by atoms with Gasteiger partial charge in [-0.3, -0.25) is 25.0 Å². The van der Waals surface area contributed by atoms with Crippen molar-refractivity contribution in [1.82, 2.24) is 4.57 Å². The fourth-order valence-corrected chi connectivity index (χ4v) is 3.98. The lowest BCUT2D eigenvalue weighted by Crippen LogP contribution is -2.16. The number of benzene rings is 2. The summed E-state index contributed by atoms with van der Waals surface area (Å²) in [7, 11) is 0. The minimum Gasteiger partial charge on any atom is -0.454 e. The Bertz CT molecular complexity index is 1280. The molecule has 0 unspecified atom stereocenters. The van der Waals surface area contributed by atoms with E-state index in [4.69, 9.17) is 9.47 Å². The number of fused-ring (bicyclic) bond motifs is 2. The van der Waals surface area contributed by atoms with Crippen LogP contribution < -0.4 is 14.3 Å². The first-order valence-electron chi connectivity index (χ1n) is 8.44. The van der Waals surface area contributed by atoms with Crippen molar-refractivity contribution in [3.63, 3.8) is 0 Å². The van der Waals surface area contributed by atoms with Crippen molar-refractivity contribution in [2.24, 2.45) is 4.99 Å². The van der Waals surface area contributed by atoms with E-state index in [9.17, 15) is 25.0 Å². The first-order valence-corrected chi connectivity index (χ1v) is 9.26. The zero-order valence-corrected chi connectivity index (χ0v) is 16.0. The van der Waals surface area contributed by atoms with Crippen LogP contribution in [0.5, 0.6) is 11.5 Å². The third-order valence-electron chi connectivity index (χ3n) is 4.26. The van der Waals surface area contributed by atoms with Crippen LogP contribution in [0.25, 0.3) is 10.2 Å². The number of nitrogens with zero attached hydrogens (tertiary/aromatic N) is 4. The first kappa shape index (κ1) is 19.3. The zero-order valence-electron chi connectivity index (χ0n) is 15.1. The summed E-state index contributed by atoms with van der Waals surface area (Å²) >= 11 is 1.20. The number of nitro groups is 2. The average molecular weight is 428 g/mol. The van der Waals surface area contributed by atoms with Crippen molar-refractivity contribution in [2.45, 2.75) is 6.54 Å². The molecule has 30 heavy (non-hydrogen) atoms. The number of aromatic nitrogens is 1. The van der Waals surface area contributed by atoms with Crippen molar-refractivity contribution in [2.75, 3.05) is 6.79 Å². The molecule has 11 nitrogen and oxygen atoms in total. The predicted molar refractivity (Wildman–Crippen MR) is 106 cm³/mol. The molecule has 0 aliphatic carbocycles. The second kappa shape index (κ2) is 7.40. The molecule has 0 spiro atoms. The highest BCUT2D eigenvalue weighted by Crippen LogP contribution is 2.37. The summed E-state index contributed by atoms with van der Waals surface area (Å²) in [6.07, 6.45) is 1.62. The van der Waals surface area contributed by atoms with Crippen LogP contribution in [0.4, 0.5) is 11.4 Å². The average Bonchev–Trinajstić information content (AvgIpc) is 3.30. The number of allylic oxidation sites excluding steroid dienone is 1. The second-order valence-electron chi connectivity index (χ2n) is 6.13. The van der Waals surface area contributed by atoms with Crippen LogP contribution in [0.1, 0.15) is 10.4 Å². The van der Waals surface area contributed by atoms with E-state index < -0.39 is 27.1 Å². The fraction of sp³-hybridized carbons (Fsp3) is 0.111. The van der Waals surface area contributed by atoms with Gasteiger partial charge in [0.1, 0.15) is 0 Å². The molecule has 0 N–H and O–H groups in total. The maximum absolute atomic E-state index is 12.7. The Morgan fingerprint density at radius 3 is 2.37 bits per heavy atom. The summed E-state index contributed by atoms with van der Waals surface area (Å²) in [5, 5.41) is 22.1. The summed E-state index contributed by atoms with van der Waals surface area (Å²) in [6, 6.07) is 6.24. The Kier molecular flexibility index (Phi) is 4.75. The lowest BCUT2D eigenvalue weighted by atomic mass is 10.1. The van der Waals surface area contributed by atoms with Crippen LogP contribution >= 0.6 is 11.3 Å². The standard InChI is InChI=1S/C18H12N4O7S/c1-2-3-20-13-7-14-15(29-9-28-14)8-16(13)30-18(20)19-17(23)10-4-11(21(24)25)6-12(5-10)22(26)27/h2,4-8H,1,3,9H2. The fourth-order valence-electron chi connectivity index (χ4n) is 2.93. The minimum atomic E-state index is -0.841. The van der Waals surface area contributed by atoms with Crippen molar-refractivity contribution in [3.8, 4) is 11.5 Å². The molecule has 0 bridgehead atoms. The largest absolute Gasteiger partial charge is 0.454 e. The highest BCUT2D eigenvalue weighted by atomic mass is 32.1. The highest BCUT2D eigenvalue weighted by molar-refractivity contribution is 7.16. The highest BCUT2D eigenvalue weighted by Gasteiger charge is 2.21. The Morgan fingerprint density at radius 1 is 1.13 bits per heavy atom. The van der Waals surface area contributed by atoms with E-state index in [-0.39, 0.29) is 12.4 Å². The molecule has 152 valence electrons. The molecule has 1 amide bonds. The summed E-state index contributed by atoms with van der Waals surface area (Å²) in [5.74, 6) is 0.290. The SMILES string of the molecule is C=CCn1c(=NC(=O)c2cc([N+](=O)[O-])cc([N+](=O)[O-])c2)sc2cc3c(cc21)OCO3. The van der Waals surface area contributed by atoms with Crippen LogP contribution in [-0.4, -0.2) is 27.1 Å². The third-order valence-corrected chi connectivity index (χ3v) is 5.30.